The van der Waals surface area contributed by atoms with Crippen molar-refractivity contribution in [2.24, 2.45) is 0 Å². The second-order valence-electron chi connectivity index (χ2n) is 9.11. The Morgan fingerprint density at radius 3 is 2.50 bits per heavy atom. The number of hydrogen-bond acceptors (Lipinski definition) is 5. The molecule has 0 radical (unpaired) electrons. The Labute approximate surface area is 205 Å². The van der Waals surface area contributed by atoms with E-state index < -0.39 is 0 Å². The van der Waals surface area contributed by atoms with Gasteiger partial charge in [-0.1, -0.05) is 30.0 Å². The zero-order valence-electron chi connectivity index (χ0n) is 20.2. The molecule has 0 bridgehead atoms. The van der Waals surface area contributed by atoms with Crippen LogP contribution in [-0.4, -0.2) is 45.4 Å². The normalized spacial score (nSPS) is 15.1. The number of benzene rings is 2. The summed E-state index contributed by atoms with van der Waals surface area (Å²) in [5.74, 6) is 0.585. The first-order valence-corrected chi connectivity index (χ1v) is 12.7. The molecule has 34 heavy (non-hydrogen) atoms. The second-order valence-corrected chi connectivity index (χ2v) is 10.0. The van der Waals surface area contributed by atoms with Gasteiger partial charge in [-0.25, -0.2) is 4.39 Å². The Bertz CT molecular complexity index is 1140. The molecule has 0 fully saturated rings. The van der Waals surface area contributed by atoms with Crippen LogP contribution in [0.15, 0.2) is 47.6 Å². The van der Waals surface area contributed by atoms with Crippen LogP contribution < -0.4 is 5.32 Å². The quantitative estimate of drug-likeness (QED) is 0.465. The van der Waals surface area contributed by atoms with Gasteiger partial charge in [0.2, 0.25) is 5.91 Å². The molecule has 2 atom stereocenters. The third-order valence-corrected chi connectivity index (χ3v) is 7.40. The minimum atomic E-state index is -0.302. The van der Waals surface area contributed by atoms with Crippen molar-refractivity contribution in [3.05, 3.63) is 70.8 Å². The minimum absolute atomic E-state index is 0.00948. The van der Waals surface area contributed by atoms with Gasteiger partial charge in [0.1, 0.15) is 5.82 Å². The van der Waals surface area contributed by atoms with Crippen LogP contribution in [0.4, 0.5) is 4.39 Å². The van der Waals surface area contributed by atoms with Crippen LogP contribution in [0.25, 0.3) is 5.69 Å². The number of aryl methyl sites for hydroxylation is 2. The average Bonchev–Trinajstić information content (AvgIpc) is 3.26. The Morgan fingerprint density at radius 1 is 1.09 bits per heavy atom. The monoisotopic (exact) mass is 481 g/mol. The molecule has 8 heteroatoms. The molecule has 6 nitrogen and oxygen atoms in total. The second kappa shape index (κ2) is 10.7. The maximum atomic E-state index is 13.5. The van der Waals surface area contributed by atoms with Crippen molar-refractivity contribution < 1.29 is 9.18 Å². The highest BCUT2D eigenvalue weighted by molar-refractivity contribution is 7.99. The highest BCUT2D eigenvalue weighted by Crippen LogP contribution is 2.28. The molecule has 2 aromatic carbocycles. The van der Waals surface area contributed by atoms with E-state index in [1.165, 1.54) is 47.9 Å². The third-order valence-electron chi connectivity index (χ3n) is 6.47. The Kier molecular flexibility index (Phi) is 7.68. The van der Waals surface area contributed by atoms with Gasteiger partial charge < -0.3 is 5.32 Å². The summed E-state index contributed by atoms with van der Waals surface area (Å²) in [7, 11) is 3.94. The van der Waals surface area contributed by atoms with E-state index in [0.29, 0.717) is 5.16 Å². The summed E-state index contributed by atoms with van der Waals surface area (Å²) >= 11 is 1.33. The SMILES string of the molecule is CC(NC(=O)CSc1nnc(C(C)N(C)C)n1-c1ccc(F)cc1)c1ccc2c(c1)CCCC2. The fraction of sp³-hybridized carbons (Fsp3) is 0.423. The first-order chi connectivity index (χ1) is 16.3. The molecule has 1 aliphatic rings. The van der Waals surface area contributed by atoms with Crippen molar-refractivity contribution >= 4 is 17.7 Å². The molecule has 1 heterocycles. The smallest absolute Gasteiger partial charge is 0.230 e. The molecule has 180 valence electrons. The maximum Gasteiger partial charge on any atom is 0.230 e. The summed E-state index contributed by atoms with van der Waals surface area (Å²) < 4.78 is 15.4. The number of fused-ring (bicyclic) bond motifs is 1. The van der Waals surface area contributed by atoms with Crippen molar-refractivity contribution in [2.45, 2.75) is 56.8 Å². The predicted octanol–water partition coefficient (Wildman–Crippen LogP) is 4.88. The number of rotatable bonds is 8. The average molecular weight is 482 g/mol. The van der Waals surface area contributed by atoms with Gasteiger partial charge in [0.15, 0.2) is 11.0 Å². The zero-order chi connectivity index (χ0) is 24.2. The first-order valence-electron chi connectivity index (χ1n) is 11.7. The van der Waals surface area contributed by atoms with E-state index in [9.17, 15) is 9.18 Å². The summed E-state index contributed by atoms with van der Waals surface area (Å²) in [6.45, 7) is 4.05. The fourth-order valence-electron chi connectivity index (χ4n) is 4.23. The molecule has 0 aliphatic heterocycles. The lowest BCUT2D eigenvalue weighted by atomic mass is 9.89. The number of carbonyl (C=O) groups excluding carboxylic acids is 1. The molecule has 1 aliphatic carbocycles. The summed E-state index contributed by atoms with van der Waals surface area (Å²) in [6, 6.07) is 12.7. The van der Waals surface area contributed by atoms with E-state index in [2.05, 4.69) is 33.7 Å². The molecule has 0 saturated carbocycles. The van der Waals surface area contributed by atoms with E-state index in [-0.39, 0.29) is 29.6 Å². The van der Waals surface area contributed by atoms with Crippen molar-refractivity contribution in [3.8, 4) is 5.69 Å². The van der Waals surface area contributed by atoms with Crippen LogP contribution in [0, 0.1) is 5.82 Å². The number of aromatic nitrogens is 3. The van der Waals surface area contributed by atoms with E-state index in [1.807, 2.05) is 37.4 Å². The number of thioether (sulfide) groups is 1. The molecule has 1 aromatic heterocycles. The molecule has 0 saturated heterocycles. The van der Waals surface area contributed by atoms with E-state index in [4.69, 9.17) is 0 Å². The minimum Gasteiger partial charge on any atom is -0.349 e. The van der Waals surface area contributed by atoms with Crippen molar-refractivity contribution in [2.75, 3.05) is 19.8 Å². The van der Waals surface area contributed by atoms with Crippen LogP contribution in [-0.2, 0) is 17.6 Å². The molecular weight excluding hydrogens is 449 g/mol. The van der Waals surface area contributed by atoms with Crippen LogP contribution in [0.3, 0.4) is 0 Å². The van der Waals surface area contributed by atoms with Gasteiger partial charge in [-0.15, -0.1) is 10.2 Å². The zero-order valence-corrected chi connectivity index (χ0v) is 21.0. The lowest BCUT2D eigenvalue weighted by Gasteiger charge is -2.21. The number of halogens is 1. The molecule has 3 aromatic rings. The third kappa shape index (κ3) is 5.50. The van der Waals surface area contributed by atoms with Crippen molar-refractivity contribution in [3.63, 3.8) is 0 Å². The van der Waals surface area contributed by atoms with Gasteiger partial charge in [-0.3, -0.25) is 14.3 Å². The lowest BCUT2D eigenvalue weighted by molar-refractivity contribution is -0.119. The van der Waals surface area contributed by atoms with Crippen LogP contribution in [0.5, 0.6) is 0 Å². The molecule has 0 spiro atoms. The van der Waals surface area contributed by atoms with Gasteiger partial charge in [-0.2, -0.15) is 0 Å². The lowest BCUT2D eigenvalue weighted by Crippen LogP contribution is -2.28. The summed E-state index contributed by atoms with van der Waals surface area (Å²) in [4.78, 5) is 14.8. The van der Waals surface area contributed by atoms with Gasteiger partial charge in [0.05, 0.1) is 17.8 Å². The molecule has 4 rings (SSSR count). The highest BCUT2D eigenvalue weighted by Gasteiger charge is 2.22. The first kappa shape index (κ1) is 24.4. The molecule has 1 amide bonds. The maximum absolute atomic E-state index is 13.5. The topological polar surface area (TPSA) is 63.1 Å². The van der Waals surface area contributed by atoms with Gasteiger partial charge >= 0.3 is 0 Å². The van der Waals surface area contributed by atoms with E-state index in [0.717, 1.165) is 29.9 Å². The largest absolute Gasteiger partial charge is 0.349 e. The predicted molar refractivity (Wildman–Crippen MR) is 134 cm³/mol. The van der Waals surface area contributed by atoms with Crippen molar-refractivity contribution in [1.82, 2.24) is 25.0 Å². The Balaban J connectivity index is 1.46. The Morgan fingerprint density at radius 2 is 1.79 bits per heavy atom. The molecular formula is C26H32FN5OS. The highest BCUT2D eigenvalue weighted by atomic mass is 32.2. The Hall–Kier alpha value is -2.71. The summed E-state index contributed by atoms with van der Waals surface area (Å²) in [6.07, 6.45) is 4.76. The van der Waals surface area contributed by atoms with E-state index in [1.54, 1.807) is 12.1 Å². The van der Waals surface area contributed by atoms with Crippen LogP contribution in [0.1, 0.15) is 61.3 Å². The van der Waals surface area contributed by atoms with Crippen LogP contribution >= 0.6 is 11.8 Å². The van der Waals surface area contributed by atoms with Crippen LogP contribution in [0.2, 0.25) is 0 Å². The number of nitrogens with zero attached hydrogens (tertiary/aromatic N) is 4. The molecule has 1 N–H and O–H groups in total. The van der Waals surface area contributed by atoms with Crippen molar-refractivity contribution in [1.29, 1.82) is 0 Å². The number of hydrogen-bond donors (Lipinski definition) is 1. The van der Waals surface area contributed by atoms with E-state index >= 15 is 0 Å². The number of carbonyl (C=O) groups is 1. The van der Waals surface area contributed by atoms with Gasteiger partial charge in [0, 0.05) is 5.69 Å². The standard InChI is InChI=1S/C26H32FN5OS/c1-17(20-10-9-19-7-5-6-8-21(19)15-20)28-24(33)16-34-26-30-29-25(18(2)31(3)4)32(26)23-13-11-22(27)12-14-23/h9-15,17-18H,5-8,16H2,1-4H3,(H,28,33). The molecule has 2 unspecified atom stereocenters. The number of amides is 1. The van der Waals surface area contributed by atoms with Gasteiger partial charge in [0.25, 0.3) is 0 Å². The summed E-state index contributed by atoms with van der Waals surface area (Å²) in [5.41, 5.74) is 4.75. The van der Waals surface area contributed by atoms with Gasteiger partial charge in [-0.05, 0) is 94.6 Å². The number of nitrogens with one attached hydrogen (secondary N) is 1. The fourth-order valence-corrected chi connectivity index (χ4v) is 5.00. The summed E-state index contributed by atoms with van der Waals surface area (Å²) in [5, 5.41) is 12.5.